The third kappa shape index (κ3) is 4.99. The third-order valence-corrected chi connectivity index (χ3v) is 6.60. The van der Waals surface area contributed by atoms with Crippen molar-refractivity contribution < 1.29 is 9.53 Å². The molecule has 0 saturated carbocycles. The van der Waals surface area contributed by atoms with Crippen molar-refractivity contribution in [3.63, 3.8) is 0 Å². The highest BCUT2D eigenvalue weighted by atomic mass is 35.5. The molecule has 3 aromatic carbocycles. The van der Waals surface area contributed by atoms with Crippen LogP contribution >= 0.6 is 35.6 Å². The van der Waals surface area contributed by atoms with Gasteiger partial charge in [-0.3, -0.25) is 9.69 Å². The molecule has 32 heavy (non-hydrogen) atoms. The molecule has 3 aromatic rings. The molecule has 7 heteroatoms. The van der Waals surface area contributed by atoms with Crippen LogP contribution < -0.4 is 14.5 Å². The van der Waals surface area contributed by atoms with Gasteiger partial charge in [-0.25, -0.2) is 0 Å². The van der Waals surface area contributed by atoms with Gasteiger partial charge in [0.05, 0.1) is 10.6 Å². The number of amides is 1. The van der Waals surface area contributed by atoms with E-state index in [1.807, 2.05) is 97.9 Å². The van der Waals surface area contributed by atoms with E-state index in [1.165, 1.54) is 11.8 Å². The van der Waals surface area contributed by atoms with Crippen molar-refractivity contribution in [2.75, 3.05) is 23.9 Å². The predicted octanol–water partition coefficient (Wildman–Crippen LogP) is 6.39. The van der Waals surface area contributed by atoms with Crippen LogP contribution in [0.3, 0.4) is 0 Å². The van der Waals surface area contributed by atoms with E-state index in [-0.39, 0.29) is 5.91 Å². The number of thioether (sulfide) groups is 1. The van der Waals surface area contributed by atoms with E-state index in [0.29, 0.717) is 26.6 Å². The molecule has 1 aliphatic rings. The number of ether oxygens (including phenoxy) is 1. The highest BCUT2D eigenvalue weighted by molar-refractivity contribution is 8.27. The lowest BCUT2D eigenvalue weighted by Crippen LogP contribution is -2.27. The summed E-state index contributed by atoms with van der Waals surface area (Å²) >= 11 is 13.0. The second-order valence-electron chi connectivity index (χ2n) is 7.38. The molecular weight excluding hydrogens is 460 g/mol. The molecule has 4 nitrogen and oxygen atoms in total. The van der Waals surface area contributed by atoms with Gasteiger partial charge in [0.25, 0.3) is 5.91 Å². The van der Waals surface area contributed by atoms with Gasteiger partial charge in [0.1, 0.15) is 12.4 Å². The topological polar surface area (TPSA) is 32.8 Å². The van der Waals surface area contributed by atoms with Crippen LogP contribution in [0, 0.1) is 0 Å². The normalized spacial score (nSPS) is 14.8. The molecule has 1 amide bonds. The van der Waals surface area contributed by atoms with Crippen molar-refractivity contribution in [1.82, 2.24) is 0 Å². The Labute approximate surface area is 202 Å². The van der Waals surface area contributed by atoms with Crippen molar-refractivity contribution in [1.29, 1.82) is 0 Å². The first-order valence-electron chi connectivity index (χ1n) is 9.94. The van der Waals surface area contributed by atoms with E-state index in [0.717, 1.165) is 22.5 Å². The number of carbonyl (C=O) groups excluding carboxylic acids is 1. The van der Waals surface area contributed by atoms with Crippen LogP contribution in [0.2, 0.25) is 5.02 Å². The molecule has 0 bridgehead atoms. The molecule has 4 rings (SSSR count). The number of nitrogens with zero attached hydrogens (tertiary/aromatic N) is 2. The summed E-state index contributed by atoms with van der Waals surface area (Å²) in [6.45, 7) is 0.369. The summed E-state index contributed by atoms with van der Waals surface area (Å²) in [6.07, 6.45) is 1.84. The average molecular weight is 481 g/mol. The van der Waals surface area contributed by atoms with E-state index >= 15 is 0 Å². The van der Waals surface area contributed by atoms with Crippen molar-refractivity contribution in [2.45, 2.75) is 6.61 Å². The summed E-state index contributed by atoms with van der Waals surface area (Å²) < 4.78 is 6.42. The first kappa shape index (κ1) is 22.4. The molecule has 1 heterocycles. The van der Waals surface area contributed by atoms with E-state index in [2.05, 4.69) is 0 Å². The molecule has 162 valence electrons. The van der Waals surface area contributed by atoms with Gasteiger partial charge < -0.3 is 9.64 Å². The fraction of sp³-hybridized carbons (Fsp3) is 0.120. The van der Waals surface area contributed by atoms with Gasteiger partial charge in [0, 0.05) is 30.4 Å². The molecule has 1 aliphatic heterocycles. The Balaban J connectivity index is 1.50. The number of thiocarbonyl (C=S) groups is 1. The summed E-state index contributed by atoms with van der Waals surface area (Å²) in [5.74, 6) is 0.577. The van der Waals surface area contributed by atoms with Gasteiger partial charge in [0.2, 0.25) is 0 Å². The Hall–Kier alpha value is -2.80. The number of rotatable bonds is 6. The smallest absolute Gasteiger partial charge is 0.270 e. The Kier molecular flexibility index (Phi) is 6.84. The van der Waals surface area contributed by atoms with Gasteiger partial charge in [0.15, 0.2) is 4.32 Å². The maximum atomic E-state index is 13.1. The Morgan fingerprint density at radius 3 is 2.53 bits per heavy atom. The molecule has 1 fully saturated rings. The number of benzene rings is 3. The molecule has 0 radical (unpaired) electrons. The largest absolute Gasteiger partial charge is 0.489 e. The van der Waals surface area contributed by atoms with Crippen molar-refractivity contribution >= 4 is 63.3 Å². The highest BCUT2D eigenvalue weighted by Crippen LogP contribution is 2.36. The average Bonchev–Trinajstić information content (AvgIpc) is 3.06. The maximum absolute atomic E-state index is 13.1. The molecule has 0 aliphatic carbocycles. The van der Waals surface area contributed by atoms with Gasteiger partial charge in [-0.05, 0) is 54.1 Å². The zero-order valence-electron chi connectivity index (χ0n) is 17.6. The number of anilines is 2. The zero-order valence-corrected chi connectivity index (χ0v) is 20.0. The van der Waals surface area contributed by atoms with Crippen LogP contribution in [0.4, 0.5) is 11.4 Å². The number of halogens is 1. The highest BCUT2D eigenvalue weighted by Gasteiger charge is 2.33. The quantitative estimate of drug-likeness (QED) is 0.301. The minimum absolute atomic E-state index is 0.125. The molecule has 0 unspecified atom stereocenters. The second-order valence-corrected chi connectivity index (χ2v) is 9.46. The molecule has 0 spiro atoms. The van der Waals surface area contributed by atoms with Crippen molar-refractivity contribution in [3.05, 3.63) is 93.9 Å². The lowest BCUT2D eigenvalue weighted by atomic mass is 10.2. The monoisotopic (exact) mass is 480 g/mol. The van der Waals surface area contributed by atoms with E-state index in [1.54, 1.807) is 4.90 Å². The van der Waals surface area contributed by atoms with Crippen LogP contribution in [0.1, 0.15) is 11.1 Å². The summed E-state index contributed by atoms with van der Waals surface area (Å²) in [6, 6.07) is 23.0. The van der Waals surface area contributed by atoms with Crippen LogP contribution in [-0.4, -0.2) is 24.3 Å². The fourth-order valence-electron chi connectivity index (χ4n) is 3.21. The number of hydrogen-bond donors (Lipinski definition) is 0. The Morgan fingerprint density at radius 2 is 1.81 bits per heavy atom. The van der Waals surface area contributed by atoms with Crippen LogP contribution in [0.25, 0.3) is 6.08 Å². The maximum Gasteiger partial charge on any atom is 0.270 e. The molecule has 0 aromatic heterocycles. The van der Waals surface area contributed by atoms with Crippen molar-refractivity contribution in [2.24, 2.45) is 0 Å². The van der Waals surface area contributed by atoms with Crippen LogP contribution in [0.15, 0.2) is 77.7 Å². The van der Waals surface area contributed by atoms with Crippen LogP contribution in [-0.2, 0) is 11.4 Å². The zero-order chi connectivity index (χ0) is 22.7. The summed E-state index contributed by atoms with van der Waals surface area (Å²) in [5.41, 5.74) is 3.60. The predicted molar refractivity (Wildman–Crippen MR) is 139 cm³/mol. The lowest BCUT2D eigenvalue weighted by Gasteiger charge is -2.17. The first-order chi connectivity index (χ1) is 15.4. The number of hydrogen-bond acceptors (Lipinski definition) is 5. The van der Waals surface area contributed by atoms with Gasteiger partial charge >= 0.3 is 0 Å². The van der Waals surface area contributed by atoms with Gasteiger partial charge in [-0.2, -0.15) is 0 Å². The Morgan fingerprint density at radius 1 is 1.06 bits per heavy atom. The van der Waals surface area contributed by atoms with Crippen molar-refractivity contribution in [3.8, 4) is 5.75 Å². The van der Waals surface area contributed by atoms with E-state index < -0.39 is 0 Å². The molecule has 0 N–H and O–H groups in total. The fourth-order valence-corrected chi connectivity index (χ4v) is 4.70. The van der Waals surface area contributed by atoms with E-state index in [9.17, 15) is 4.79 Å². The summed E-state index contributed by atoms with van der Waals surface area (Å²) in [4.78, 5) is 17.2. The summed E-state index contributed by atoms with van der Waals surface area (Å²) in [7, 11) is 3.95. The third-order valence-electron chi connectivity index (χ3n) is 4.93. The molecule has 0 atom stereocenters. The molecule has 1 saturated heterocycles. The summed E-state index contributed by atoms with van der Waals surface area (Å²) in [5, 5.41) is 0.672. The second kappa shape index (κ2) is 9.77. The standard InChI is InChI=1S/C25H21ClN2O2S2/c1-27(2)19-10-12-20(13-11-19)28-24(29)23(32-25(28)31)15-17-6-5-8-21(14-17)30-16-18-7-3-4-9-22(18)26/h3-15H,16H2,1-2H3/b23-15+. The SMILES string of the molecule is CN(C)c1ccc(N2C(=O)/C(=C\c3cccc(OCc4ccccc4Cl)c3)SC2=S)cc1. The van der Waals surface area contributed by atoms with Gasteiger partial charge in [-0.15, -0.1) is 0 Å². The van der Waals surface area contributed by atoms with E-state index in [4.69, 9.17) is 28.6 Å². The molecular formula is C25H21ClN2O2S2. The minimum atomic E-state index is -0.125. The first-order valence-corrected chi connectivity index (χ1v) is 11.5. The minimum Gasteiger partial charge on any atom is -0.489 e. The van der Waals surface area contributed by atoms with Gasteiger partial charge in [-0.1, -0.05) is 65.9 Å². The lowest BCUT2D eigenvalue weighted by molar-refractivity contribution is -0.113. The van der Waals surface area contributed by atoms with Crippen LogP contribution in [0.5, 0.6) is 5.75 Å². The number of carbonyl (C=O) groups is 1. The Bertz CT molecular complexity index is 1190.